The predicted octanol–water partition coefficient (Wildman–Crippen LogP) is 0.0948. The van der Waals surface area contributed by atoms with Crippen LogP contribution in [0.2, 0.25) is 0 Å². The van der Waals surface area contributed by atoms with Crippen molar-refractivity contribution in [2.75, 3.05) is 6.54 Å². The van der Waals surface area contributed by atoms with Crippen LogP contribution in [0, 0.1) is 5.92 Å². The average molecular weight is 214 g/mol. The molecule has 86 valence electrons. The molecule has 1 rings (SSSR count). The van der Waals surface area contributed by atoms with E-state index in [1.54, 1.807) is 6.92 Å². The SMILES string of the molecule is CC(NC(=O)CCCN)(C(=O)O)C1CC1. The van der Waals surface area contributed by atoms with Crippen LogP contribution in [0.3, 0.4) is 0 Å². The van der Waals surface area contributed by atoms with Crippen LogP contribution < -0.4 is 11.1 Å². The Hall–Kier alpha value is -1.10. The largest absolute Gasteiger partial charge is 0.480 e. The topological polar surface area (TPSA) is 92.4 Å². The van der Waals surface area contributed by atoms with E-state index in [2.05, 4.69) is 5.32 Å². The number of nitrogens with one attached hydrogen (secondary N) is 1. The molecule has 5 heteroatoms. The molecule has 0 aromatic rings. The summed E-state index contributed by atoms with van der Waals surface area (Å²) in [5.74, 6) is -1.10. The van der Waals surface area contributed by atoms with E-state index in [1.165, 1.54) is 0 Å². The minimum Gasteiger partial charge on any atom is -0.480 e. The molecule has 0 aromatic heterocycles. The first-order valence-electron chi connectivity index (χ1n) is 5.25. The van der Waals surface area contributed by atoms with E-state index in [1.807, 2.05) is 0 Å². The summed E-state index contributed by atoms with van der Waals surface area (Å²) in [6.07, 6.45) is 2.64. The van der Waals surface area contributed by atoms with E-state index in [9.17, 15) is 9.59 Å². The third-order valence-electron chi connectivity index (χ3n) is 2.85. The van der Waals surface area contributed by atoms with Crippen molar-refractivity contribution in [3.63, 3.8) is 0 Å². The summed E-state index contributed by atoms with van der Waals surface area (Å²) in [6.45, 7) is 2.02. The van der Waals surface area contributed by atoms with E-state index in [4.69, 9.17) is 10.8 Å². The number of hydrogen-bond acceptors (Lipinski definition) is 3. The smallest absolute Gasteiger partial charge is 0.329 e. The summed E-state index contributed by atoms with van der Waals surface area (Å²) in [5.41, 5.74) is 4.18. The van der Waals surface area contributed by atoms with Crippen molar-refractivity contribution in [2.45, 2.75) is 38.1 Å². The van der Waals surface area contributed by atoms with Crippen LogP contribution in [-0.4, -0.2) is 29.1 Å². The van der Waals surface area contributed by atoms with Crippen LogP contribution in [0.5, 0.6) is 0 Å². The highest BCUT2D eigenvalue weighted by Crippen LogP contribution is 2.39. The second kappa shape index (κ2) is 4.61. The zero-order valence-corrected chi connectivity index (χ0v) is 8.95. The fraction of sp³-hybridized carbons (Fsp3) is 0.800. The van der Waals surface area contributed by atoms with Gasteiger partial charge in [0.15, 0.2) is 0 Å². The third-order valence-corrected chi connectivity index (χ3v) is 2.85. The number of aliphatic carboxylic acids is 1. The summed E-state index contributed by atoms with van der Waals surface area (Å²) in [5, 5.41) is 11.7. The molecular formula is C10H18N2O3. The van der Waals surface area contributed by atoms with Crippen molar-refractivity contribution in [3.8, 4) is 0 Å². The van der Waals surface area contributed by atoms with Crippen LogP contribution in [0.15, 0.2) is 0 Å². The van der Waals surface area contributed by atoms with Gasteiger partial charge in [0.2, 0.25) is 5.91 Å². The molecule has 1 amide bonds. The van der Waals surface area contributed by atoms with Gasteiger partial charge >= 0.3 is 5.97 Å². The number of rotatable bonds is 6. The molecule has 0 radical (unpaired) electrons. The lowest BCUT2D eigenvalue weighted by Crippen LogP contribution is -2.54. The molecule has 1 saturated carbocycles. The minimum atomic E-state index is -1.09. The van der Waals surface area contributed by atoms with E-state index in [0.717, 1.165) is 12.8 Å². The van der Waals surface area contributed by atoms with Crippen molar-refractivity contribution < 1.29 is 14.7 Å². The maximum Gasteiger partial charge on any atom is 0.329 e. The van der Waals surface area contributed by atoms with Crippen molar-refractivity contribution in [1.82, 2.24) is 5.32 Å². The quantitative estimate of drug-likeness (QED) is 0.584. The molecule has 1 atom stereocenters. The van der Waals surface area contributed by atoms with Crippen LogP contribution in [-0.2, 0) is 9.59 Å². The van der Waals surface area contributed by atoms with Gasteiger partial charge in [-0.2, -0.15) is 0 Å². The van der Waals surface area contributed by atoms with Gasteiger partial charge in [0.05, 0.1) is 0 Å². The molecule has 0 bridgehead atoms. The molecule has 1 fully saturated rings. The van der Waals surface area contributed by atoms with Gasteiger partial charge in [-0.1, -0.05) is 0 Å². The highest BCUT2D eigenvalue weighted by Gasteiger charge is 2.48. The Morgan fingerprint density at radius 3 is 2.53 bits per heavy atom. The normalized spacial score (nSPS) is 19.3. The second-order valence-electron chi connectivity index (χ2n) is 4.22. The fourth-order valence-electron chi connectivity index (χ4n) is 1.61. The van der Waals surface area contributed by atoms with Gasteiger partial charge < -0.3 is 16.2 Å². The Balaban J connectivity index is 2.51. The van der Waals surface area contributed by atoms with E-state index >= 15 is 0 Å². The number of carbonyl (C=O) groups excluding carboxylic acids is 1. The van der Waals surface area contributed by atoms with Gasteiger partial charge in [0.25, 0.3) is 0 Å². The highest BCUT2D eigenvalue weighted by molar-refractivity contribution is 5.87. The number of carboxylic acid groups (broad SMARTS) is 1. The lowest BCUT2D eigenvalue weighted by Gasteiger charge is -2.26. The van der Waals surface area contributed by atoms with Crippen molar-refractivity contribution in [2.24, 2.45) is 11.7 Å². The Morgan fingerprint density at radius 1 is 1.53 bits per heavy atom. The second-order valence-corrected chi connectivity index (χ2v) is 4.22. The molecule has 0 saturated heterocycles. The van der Waals surface area contributed by atoms with E-state index < -0.39 is 11.5 Å². The van der Waals surface area contributed by atoms with Crippen LogP contribution in [0.1, 0.15) is 32.6 Å². The number of nitrogens with two attached hydrogens (primary N) is 1. The number of hydrogen-bond donors (Lipinski definition) is 3. The molecule has 15 heavy (non-hydrogen) atoms. The zero-order valence-electron chi connectivity index (χ0n) is 8.95. The zero-order chi connectivity index (χ0) is 11.5. The van der Waals surface area contributed by atoms with Gasteiger partial charge in [0, 0.05) is 6.42 Å². The first kappa shape index (κ1) is 12.0. The number of carbonyl (C=O) groups is 2. The summed E-state index contributed by atoms with van der Waals surface area (Å²) in [4.78, 5) is 22.5. The maximum absolute atomic E-state index is 11.4. The molecule has 0 aliphatic heterocycles. The predicted molar refractivity (Wildman–Crippen MR) is 55.2 cm³/mol. The summed E-state index contributed by atoms with van der Waals surface area (Å²) in [7, 11) is 0. The lowest BCUT2D eigenvalue weighted by atomic mass is 9.95. The summed E-state index contributed by atoms with van der Waals surface area (Å²) < 4.78 is 0. The molecule has 1 unspecified atom stereocenters. The van der Waals surface area contributed by atoms with Gasteiger partial charge in [0.1, 0.15) is 5.54 Å². The van der Waals surface area contributed by atoms with Crippen molar-refractivity contribution in [3.05, 3.63) is 0 Å². The molecule has 0 spiro atoms. The first-order chi connectivity index (χ1) is 7.00. The Kier molecular flexibility index (Phi) is 3.68. The Morgan fingerprint density at radius 2 is 2.13 bits per heavy atom. The van der Waals surface area contributed by atoms with Gasteiger partial charge in [-0.05, 0) is 38.6 Å². The Labute approximate surface area is 89.0 Å². The third kappa shape index (κ3) is 2.92. The van der Waals surface area contributed by atoms with E-state index in [0.29, 0.717) is 19.4 Å². The highest BCUT2D eigenvalue weighted by atomic mass is 16.4. The Bertz CT molecular complexity index is 263. The average Bonchev–Trinajstić information content (AvgIpc) is 2.97. The number of amides is 1. The molecular weight excluding hydrogens is 196 g/mol. The van der Waals surface area contributed by atoms with Crippen molar-refractivity contribution in [1.29, 1.82) is 0 Å². The fourth-order valence-corrected chi connectivity index (χ4v) is 1.61. The van der Waals surface area contributed by atoms with Crippen molar-refractivity contribution >= 4 is 11.9 Å². The van der Waals surface area contributed by atoms with Crippen LogP contribution >= 0.6 is 0 Å². The monoisotopic (exact) mass is 214 g/mol. The molecule has 5 nitrogen and oxygen atoms in total. The molecule has 0 heterocycles. The van der Waals surface area contributed by atoms with Gasteiger partial charge in [-0.3, -0.25) is 4.79 Å². The number of carboxylic acids is 1. The first-order valence-corrected chi connectivity index (χ1v) is 5.25. The molecule has 4 N–H and O–H groups in total. The van der Waals surface area contributed by atoms with Gasteiger partial charge in [-0.15, -0.1) is 0 Å². The lowest BCUT2D eigenvalue weighted by molar-refractivity contribution is -0.147. The molecule has 1 aliphatic carbocycles. The van der Waals surface area contributed by atoms with Crippen LogP contribution in [0.4, 0.5) is 0 Å². The maximum atomic E-state index is 11.4. The summed E-state index contributed by atoms with van der Waals surface area (Å²) in [6, 6.07) is 0. The molecule has 0 aromatic carbocycles. The van der Waals surface area contributed by atoms with E-state index in [-0.39, 0.29) is 11.8 Å². The molecule has 1 aliphatic rings. The van der Waals surface area contributed by atoms with Gasteiger partial charge in [-0.25, -0.2) is 4.79 Å². The van der Waals surface area contributed by atoms with Crippen LogP contribution in [0.25, 0.3) is 0 Å². The standard InChI is InChI=1S/C10H18N2O3/c1-10(9(14)15,7-4-5-7)12-8(13)3-2-6-11/h7H,2-6,11H2,1H3,(H,12,13)(H,14,15). The minimum absolute atomic E-state index is 0.0804. The summed E-state index contributed by atoms with van der Waals surface area (Å²) >= 11 is 0.